The summed E-state index contributed by atoms with van der Waals surface area (Å²) in [7, 11) is 1.83. The first-order chi connectivity index (χ1) is 11.4. The smallest absolute Gasteiger partial charge is 0.230 e. The lowest BCUT2D eigenvalue weighted by Crippen LogP contribution is -2.44. The maximum absolute atomic E-state index is 12.2. The first-order valence-corrected chi connectivity index (χ1v) is 9.45. The van der Waals surface area contributed by atoms with Gasteiger partial charge in [-0.25, -0.2) is 0 Å². The summed E-state index contributed by atoms with van der Waals surface area (Å²) < 4.78 is 1.81. The van der Waals surface area contributed by atoms with Crippen LogP contribution >= 0.6 is 11.8 Å². The molecule has 2 amide bonds. The molecule has 0 radical (unpaired) electrons. The number of thioether (sulfide) groups is 1. The van der Waals surface area contributed by atoms with Crippen molar-refractivity contribution in [3.8, 4) is 0 Å². The highest BCUT2D eigenvalue weighted by molar-refractivity contribution is 7.99. The molecule has 0 spiro atoms. The minimum Gasteiger partial charge on any atom is -0.370 e. The molecule has 1 aromatic rings. The van der Waals surface area contributed by atoms with E-state index in [-0.39, 0.29) is 24.3 Å². The maximum atomic E-state index is 12.2. The Bertz CT molecular complexity index is 589. The monoisotopic (exact) mass is 353 g/mol. The van der Waals surface area contributed by atoms with E-state index in [1.165, 1.54) is 24.6 Å². The highest BCUT2D eigenvalue weighted by atomic mass is 32.2. The summed E-state index contributed by atoms with van der Waals surface area (Å²) >= 11 is 1.36. The van der Waals surface area contributed by atoms with E-state index >= 15 is 0 Å². The summed E-state index contributed by atoms with van der Waals surface area (Å²) in [6, 6.07) is 0.271. The molecule has 0 bridgehead atoms. The van der Waals surface area contributed by atoms with Gasteiger partial charge in [0, 0.05) is 25.9 Å². The number of primary amides is 1. The van der Waals surface area contributed by atoms with Crippen LogP contribution in [0.15, 0.2) is 5.16 Å². The Kier molecular flexibility index (Phi) is 6.65. The third-order valence-corrected chi connectivity index (χ3v) is 5.93. The van der Waals surface area contributed by atoms with E-state index in [1.807, 2.05) is 11.6 Å². The van der Waals surface area contributed by atoms with E-state index < -0.39 is 0 Å². The highest BCUT2D eigenvalue weighted by Crippen LogP contribution is 2.29. The van der Waals surface area contributed by atoms with Gasteiger partial charge in [-0.05, 0) is 18.3 Å². The Morgan fingerprint density at radius 1 is 1.33 bits per heavy atom. The summed E-state index contributed by atoms with van der Waals surface area (Å²) in [6.07, 6.45) is 4.19. The van der Waals surface area contributed by atoms with Crippen molar-refractivity contribution in [2.24, 2.45) is 24.6 Å². The summed E-state index contributed by atoms with van der Waals surface area (Å²) in [5, 5.41) is 12.0. The van der Waals surface area contributed by atoms with Gasteiger partial charge in [0.1, 0.15) is 5.82 Å². The molecule has 1 fully saturated rings. The quantitative estimate of drug-likeness (QED) is 0.719. The second-order valence-corrected chi connectivity index (χ2v) is 7.60. The van der Waals surface area contributed by atoms with Gasteiger partial charge in [0.2, 0.25) is 11.8 Å². The topological polar surface area (TPSA) is 103 Å². The van der Waals surface area contributed by atoms with Crippen LogP contribution < -0.4 is 11.1 Å². The van der Waals surface area contributed by atoms with Crippen molar-refractivity contribution in [3.63, 3.8) is 0 Å². The SMILES string of the molecule is C[C@@H]1[C@H](C)CCC[C@@H]1NC(=O)CSc1nnc(CCC(N)=O)n1C. The summed E-state index contributed by atoms with van der Waals surface area (Å²) in [5.41, 5.74) is 5.15. The van der Waals surface area contributed by atoms with Gasteiger partial charge in [-0.2, -0.15) is 0 Å². The van der Waals surface area contributed by atoms with E-state index in [2.05, 4.69) is 29.4 Å². The average Bonchev–Trinajstić information content (AvgIpc) is 2.88. The number of hydrogen-bond acceptors (Lipinski definition) is 5. The number of hydrogen-bond donors (Lipinski definition) is 2. The lowest BCUT2D eigenvalue weighted by Gasteiger charge is -2.34. The fourth-order valence-corrected chi connectivity index (χ4v) is 3.83. The van der Waals surface area contributed by atoms with Gasteiger partial charge in [0.25, 0.3) is 0 Å². The van der Waals surface area contributed by atoms with E-state index in [4.69, 9.17) is 5.73 Å². The molecule has 1 saturated carbocycles. The molecule has 1 aliphatic carbocycles. The predicted octanol–water partition coefficient (Wildman–Crippen LogP) is 1.27. The van der Waals surface area contributed by atoms with E-state index in [1.54, 1.807) is 0 Å². The standard InChI is InChI=1S/C16H27N5O2S/c1-10-5-4-6-12(11(10)2)18-15(23)9-24-16-20-19-14(21(16)3)8-7-13(17)22/h10-12H,4-9H2,1-3H3,(H2,17,22)(H,18,23)/t10-,11-,12+/m1/s1. The second-order valence-electron chi connectivity index (χ2n) is 6.65. The van der Waals surface area contributed by atoms with Gasteiger partial charge in [-0.3, -0.25) is 9.59 Å². The Hall–Kier alpha value is -1.57. The molecule has 2 rings (SSSR count). The van der Waals surface area contributed by atoms with E-state index in [0.717, 1.165) is 6.42 Å². The number of carbonyl (C=O) groups is 2. The van der Waals surface area contributed by atoms with Crippen LogP contribution in [-0.4, -0.2) is 38.4 Å². The molecule has 24 heavy (non-hydrogen) atoms. The first kappa shape index (κ1) is 18.8. The van der Waals surface area contributed by atoms with Crippen LogP contribution in [0.3, 0.4) is 0 Å². The Balaban J connectivity index is 1.82. The normalized spacial score (nSPS) is 23.9. The number of aromatic nitrogens is 3. The molecule has 3 N–H and O–H groups in total. The third kappa shape index (κ3) is 4.96. The minimum atomic E-state index is -0.359. The van der Waals surface area contributed by atoms with Gasteiger partial charge >= 0.3 is 0 Å². The van der Waals surface area contributed by atoms with Crippen LogP contribution in [0.25, 0.3) is 0 Å². The summed E-state index contributed by atoms with van der Waals surface area (Å²) in [4.78, 5) is 23.1. The molecule has 3 atom stereocenters. The largest absolute Gasteiger partial charge is 0.370 e. The Morgan fingerprint density at radius 2 is 2.08 bits per heavy atom. The molecule has 1 aliphatic rings. The molecule has 134 valence electrons. The van der Waals surface area contributed by atoms with E-state index in [9.17, 15) is 9.59 Å². The van der Waals surface area contributed by atoms with E-state index in [0.29, 0.717) is 35.0 Å². The van der Waals surface area contributed by atoms with Gasteiger partial charge in [-0.15, -0.1) is 10.2 Å². The van der Waals surface area contributed by atoms with Gasteiger partial charge in [0.05, 0.1) is 5.75 Å². The number of nitrogens with two attached hydrogens (primary N) is 1. The van der Waals surface area contributed by atoms with Gasteiger partial charge < -0.3 is 15.6 Å². The zero-order chi connectivity index (χ0) is 17.7. The zero-order valence-electron chi connectivity index (χ0n) is 14.6. The zero-order valence-corrected chi connectivity index (χ0v) is 15.4. The van der Waals surface area contributed by atoms with Crippen LogP contribution in [0.2, 0.25) is 0 Å². The van der Waals surface area contributed by atoms with Gasteiger partial charge in [0.15, 0.2) is 5.16 Å². The van der Waals surface area contributed by atoms with Crippen LogP contribution in [0.4, 0.5) is 0 Å². The Labute approximate surface area is 147 Å². The first-order valence-electron chi connectivity index (χ1n) is 8.47. The number of carbonyl (C=O) groups excluding carboxylic acids is 2. The number of nitrogens with zero attached hydrogens (tertiary/aromatic N) is 3. The molecule has 1 heterocycles. The fraction of sp³-hybridized carbons (Fsp3) is 0.750. The van der Waals surface area contributed by atoms with Crippen LogP contribution in [0, 0.1) is 11.8 Å². The van der Waals surface area contributed by atoms with Crippen LogP contribution in [0.1, 0.15) is 45.4 Å². The van der Waals surface area contributed by atoms with Crippen LogP contribution in [0.5, 0.6) is 0 Å². The number of nitrogens with one attached hydrogen (secondary N) is 1. The van der Waals surface area contributed by atoms with Crippen molar-refractivity contribution in [1.82, 2.24) is 20.1 Å². The van der Waals surface area contributed by atoms with Crippen molar-refractivity contribution in [3.05, 3.63) is 5.82 Å². The lowest BCUT2D eigenvalue weighted by molar-refractivity contribution is -0.120. The third-order valence-electron chi connectivity index (χ3n) is 4.91. The highest BCUT2D eigenvalue weighted by Gasteiger charge is 2.28. The molecule has 0 aromatic carbocycles. The molecule has 0 saturated heterocycles. The summed E-state index contributed by atoms with van der Waals surface area (Å²) in [6.45, 7) is 4.47. The maximum Gasteiger partial charge on any atom is 0.230 e. The number of aryl methyl sites for hydroxylation is 1. The lowest BCUT2D eigenvalue weighted by atomic mass is 9.78. The van der Waals surface area contributed by atoms with Crippen molar-refractivity contribution in [2.45, 2.75) is 57.1 Å². The number of amides is 2. The molecule has 1 aromatic heterocycles. The van der Waals surface area contributed by atoms with Crippen LogP contribution in [-0.2, 0) is 23.1 Å². The molecular weight excluding hydrogens is 326 g/mol. The molecule has 0 aliphatic heterocycles. The predicted molar refractivity (Wildman–Crippen MR) is 93.4 cm³/mol. The molecule has 0 unspecified atom stereocenters. The Morgan fingerprint density at radius 3 is 2.79 bits per heavy atom. The average molecular weight is 353 g/mol. The fourth-order valence-electron chi connectivity index (χ4n) is 3.09. The van der Waals surface area contributed by atoms with Gasteiger partial charge in [-0.1, -0.05) is 38.5 Å². The van der Waals surface area contributed by atoms with Crippen molar-refractivity contribution in [1.29, 1.82) is 0 Å². The minimum absolute atomic E-state index is 0.0348. The van der Waals surface area contributed by atoms with Crippen molar-refractivity contribution >= 4 is 23.6 Å². The second kappa shape index (κ2) is 8.50. The molecule has 8 heteroatoms. The molecular formula is C16H27N5O2S. The summed E-state index contributed by atoms with van der Waals surface area (Å²) in [5.74, 6) is 1.87. The molecule has 7 nitrogen and oxygen atoms in total. The van der Waals surface area contributed by atoms with Crippen molar-refractivity contribution < 1.29 is 9.59 Å². The number of rotatable bonds is 7. The van der Waals surface area contributed by atoms with Crippen molar-refractivity contribution in [2.75, 3.05) is 5.75 Å².